The molecule has 1 aromatic carbocycles. The second-order valence-electron chi connectivity index (χ2n) is 7.17. The number of rotatable bonds is 4. The van der Waals surface area contributed by atoms with Crippen molar-refractivity contribution in [3.8, 4) is 0 Å². The van der Waals surface area contributed by atoms with Crippen LogP contribution in [0.3, 0.4) is 0 Å². The van der Waals surface area contributed by atoms with E-state index in [0.717, 1.165) is 5.56 Å². The minimum absolute atomic E-state index is 0.0825. The molecule has 1 heterocycles. The highest BCUT2D eigenvalue weighted by Gasteiger charge is 2.30. The Morgan fingerprint density at radius 2 is 1.80 bits per heavy atom. The first-order chi connectivity index (χ1) is 11.6. The third-order valence-corrected chi connectivity index (χ3v) is 5.88. The van der Waals surface area contributed by atoms with Gasteiger partial charge in [0.25, 0.3) is 0 Å². The largest absolute Gasteiger partial charge is 0.444 e. The summed E-state index contributed by atoms with van der Waals surface area (Å²) in [6, 6.07) is 6.54. The van der Waals surface area contributed by atoms with Crippen molar-refractivity contribution in [2.75, 3.05) is 13.1 Å². The van der Waals surface area contributed by atoms with Gasteiger partial charge in [-0.25, -0.2) is 13.2 Å². The summed E-state index contributed by atoms with van der Waals surface area (Å²) in [4.78, 5) is 12.1. The summed E-state index contributed by atoms with van der Waals surface area (Å²) in [5, 5.41) is 2.81. The van der Waals surface area contributed by atoms with Crippen molar-refractivity contribution < 1.29 is 17.9 Å². The Morgan fingerprint density at radius 1 is 1.24 bits per heavy atom. The summed E-state index contributed by atoms with van der Waals surface area (Å²) >= 11 is 0. The van der Waals surface area contributed by atoms with Crippen molar-refractivity contribution in [3.05, 3.63) is 29.8 Å². The SMILES string of the molecule is [B]Cc1ccc(S(=O)(=O)N2CCC(NC(=O)OC(C)(C)C)CC2)cc1. The predicted octanol–water partition coefficient (Wildman–Crippen LogP) is 2.03. The normalized spacial score (nSPS) is 17.2. The zero-order chi connectivity index (χ0) is 18.7. The van der Waals surface area contributed by atoms with Crippen LogP contribution in [0.2, 0.25) is 0 Å². The first kappa shape index (κ1) is 19.8. The Hall–Kier alpha value is -1.54. The van der Waals surface area contributed by atoms with Crippen LogP contribution in [0.1, 0.15) is 39.2 Å². The van der Waals surface area contributed by atoms with E-state index in [1.165, 1.54) is 4.31 Å². The summed E-state index contributed by atoms with van der Waals surface area (Å²) in [5.41, 5.74) is 0.336. The number of hydrogen-bond acceptors (Lipinski definition) is 4. The number of piperidine rings is 1. The standard InChI is InChI=1S/C17H25BN2O4S/c1-17(2,3)24-16(21)19-14-8-10-20(11-9-14)25(22,23)15-6-4-13(12-18)5-7-15/h4-7,14H,8-12H2,1-3H3,(H,19,21). The fourth-order valence-electron chi connectivity index (χ4n) is 2.66. The van der Waals surface area contributed by atoms with Gasteiger partial charge in [0.15, 0.2) is 0 Å². The van der Waals surface area contributed by atoms with Crippen molar-refractivity contribution >= 4 is 24.0 Å². The van der Waals surface area contributed by atoms with Crippen LogP contribution in [-0.2, 0) is 21.1 Å². The molecule has 0 atom stereocenters. The molecular weight excluding hydrogens is 339 g/mol. The molecule has 1 N–H and O–H groups in total. The van der Waals surface area contributed by atoms with Crippen LogP contribution in [0.25, 0.3) is 0 Å². The molecule has 2 rings (SSSR count). The van der Waals surface area contributed by atoms with Gasteiger partial charge < -0.3 is 10.1 Å². The van der Waals surface area contributed by atoms with Crippen LogP contribution in [0, 0.1) is 0 Å². The molecular formula is C17H25BN2O4S. The fourth-order valence-corrected chi connectivity index (χ4v) is 4.13. The number of nitrogens with one attached hydrogen (secondary N) is 1. The maximum absolute atomic E-state index is 12.7. The molecule has 0 aromatic heterocycles. The third-order valence-electron chi connectivity index (χ3n) is 3.97. The number of alkyl carbamates (subject to hydrolysis) is 1. The van der Waals surface area contributed by atoms with Gasteiger partial charge in [0.05, 0.1) is 12.7 Å². The minimum atomic E-state index is -3.52. The molecule has 1 aliphatic heterocycles. The Bertz CT molecular complexity index is 690. The van der Waals surface area contributed by atoms with E-state index in [1.807, 2.05) is 0 Å². The van der Waals surface area contributed by atoms with Crippen molar-refractivity contribution in [2.45, 2.75) is 56.5 Å². The zero-order valence-corrected chi connectivity index (χ0v) is 15.8. The van der Waals surface area contributed by atoms with Gasteiger partial charge in [-0.3, -0.25) is 0 Å². The molecule has 2 radical (unpaired) electrons. The lowest BCUT2D eigenvalue weighted by molar-refractivity contribution is 0.0489. The van der Waals surface area contributed by atoms with Crippen LogP contribution in [0.4, 0.5) is 4.79 Å². The third kappa shape index (κ3) is 5.47. The molecule has 1 saturated heterocycles. The highest BCUT2D eigenvalue weighted by Crippen LogP contribution is 2.21. The number of nitrogens with zero attached hydrogens (tertiary/aromatic N) is 1. The number of ether oxygens (including phenoxy) is 1. The highest BCUT2D eigenvalue weighted by molar-refractivity contribution is 7.89. The van der Waals surface area contributed by atoms with E-state index in [9.17, 15) is 13.2 Å². The van der Waals surface area contributed by atoms with Gasteiger partial charge in [-0.1, -0.05) is 24.0 Å². The summed E-state index contributed by atoms with van der Waals surface area (Å²) in [5.74, 6) is 0. The average molecular weight is 364 g/mol. The van der Waals surface area contributed by atoms with Crippen LogP contribution in [0.5, 0.6) is 0 Å². The quantitative estimate of drug-likeness (QED) is 0.830. The number of sulfonamides is 1. The zero-order valence-electron chi connectivity index (χ0n) is 15.0. The van der Waals surface area contributed by atoms with Gasteiger partial charge in [0.1, 0.15) is 5.60 Å². The van der Waals surface area contributed by atoms with E-state index in [-0.39, 0.29) is 10.9 Å². The van der Waals surface area contributed by atoms with E-state index < -0.39 is 21.7 Å². The number of amides is 1. The monoisotopic (exact) mass is 364 g/mol. The Labute approximate surface area is 151 Å². The molecule has 0 aliphatic carbocycles. The van der Waals surface area contributed by atoms with Crippen LogP contribution >= 0.6 is 0 Å². The van der Waals surface area contributed by atoms with E-state index in [4.69, 9.17) is 12.6 Å². The molecule has 8 heteroatoms. The van der Waals surface area contributed by atoms with Crippen molar-refractivity contribution in [1.82, 2.24) is 9.62 Å². The first-order valence-corrected chi connectivity index (χ1v) is 9.84. The average Bonchev–Trinajstić information content (AvgIpc) is 2.53. The summed E-state index contributed by atoms with van der Waals surface area (Å²) < 4.78 is 32.1. The van der Waals surface area contributed by atoms with Gasteiger partial charge in [-0.2, -0.15) is 4.31 Å². The molecule has 0 bridgehead atoms. The molecule has 0 unspecified atom stereocenters. The molecule has 1 fully saturated rings. The van der Waals surface area contributed by atoms with Crippen LogP contribution in [-0.4, -0.2) is 51.4 Å². The lowest BCUT2D eigenvalue weighted by Crippen LogP contribution is -2.47. The number of carbonyl (C=O) groups is 1. The van der Waals surface area contributed by atoms with Gasteiger partial charge >= 0.3 is 6.09 Å². The lowest BCUT2D eigenvalue weighted by atomic mass is 9.97. The number of hydrogen-bond donors (Lipinski definition) is 1. The van der Waals surface area contributed by atoms with Crippen molar-refractivity contribution in [1.29, 1.82) is 0 Å². The summed E-state index contributed by atoms with van der Waals surface area (Å²) in [6.07, 6.45) is 1.02. The Balaban J connectivity index is 1.93. The summed E-state index contributed by atoms with van der Waals surface area (Å²) in [7, 11) is 2.02. The Morgan fingerprint density at radius 3 is 2.28 bits per heavy atom. The first-order valence-electron chi connectivity index (χ1n) is 8.40. The van der Waals surface area contributed by atoms with Crippen LogP contribution < -0.4 is 5.32 Å². The van der Waals surface area contributed by atoms with E-state index >= 15 is 0 Å². The molecule has 25 heavy (non-hydrogen) atoms. The van der Waals surface area contributed by atoms with Gasteiger partial charge in [0.2, 0.25) is 10.0 Å². The fraction of sp³-hybridized carbons (Fsp3) is 0.588. The van der Waals surface area contributed by atoms with Gasteiger partial charge in [-0.15, -0.1) is 0 Å². The molecule has 1 aliphatic rings. The molecule has 136 valence electrons. The minimum Gasteiger partial charge on any atom is -0.444 e. The predicted molar refractivity (Wildman–Crippen MR) is 97.1 cm³/mol. The molecule has 6 nitrogen and oxygen atoms in total. The van der Waals surface area contributed by atoms with E-state index in [2.05, 4.69) is 5.32 Å². The molecule has 1 amide bonds. The maximum atomic E-state index is 12.7. The number of benzene rings is 1. The highest BCUT2D eigenvalue weighted by atomic mass is 32.2. The topological polar surface area (TPSA) is 75.7 Å². The Kier molecular flexibility index (Phi) is 6.16. The second-order valence-corrected chi connectivity index (χ2v) is 9.11. The van der Waals surface area contributed by atoms with Crippen LogP contribution in [0.15, 0.2) is 29.2 Å². The lowest BCUT2D eigenvalue weighted by Gasteiger charge is -2.32. The van der Waals surface area contributed by atoms with Crippen molar-refractivity contribution in [3.63, 3.8) is 0 Å². The van der Waals surface area contributed by atoms with E-state index in [1.54, 1.807) is 45.0 Å². The molecule has 1 aromatic rings. The van der Waals surface area contributed by atoms with Gasteiger partial charge in [0, 0.05) is 19.1 Å². The van der Waals surface area contributed by atoms with Gasteiger partial charge in [-0.05, 0) is 45.7 Å². The molecule has 0 saturated carbocycles. The van der Waals surface area contributed by atoms with E-state index in [0.29, 0.717) is 32.3 Å². The smallest absolute Gasteiger partial charge is 0.407 e. The second kappa shape index (κ2) is 7.78. The molecule has 0 spiro atoms. The maximum Gasteiger partial charge on any atom is 0.407 e. The summed E-state index contributed by atoms with van der Waals surface area (Å²) in [6.45, 7) is 6.13. The number of carbonyl (C=O) groups excluding carboxylic acids is 1. The van der Waals surface area contributed by atoms with Crippen molar-refractivity contribution in [2.24, 2.45) is 0 Å².